The molecule has 4 N–H and O–H groups in total. The molecule has 156 valence electrons. The van der Waals surface area contributed by atoms with Crippen molar-refractivity contribution >= 4 is 5.78 Å². The average Bonchev–Trinajstić information content (AvgIpc) is 2.72. The molecule has 1 saturated heterocycles. The number of carbonyl (C=O) groups excluding carboxylic acids is 1. The Morgan fingerprint density at radius 3 is 2.38 bits per heavy atom. The number of Topliss-reactive ketones (excluding diaryl/α,β-unsaturated/α-hetero) is 1. The van der Waals surface area contributed by atoms with E-state index in [0.717, 1.165) is 0 Å². The zero-order chi connectivity index (χ0) is 21.1. The molecule has 1 aliphatic heterocycles. The van der Waals surface area contributed by atoms with Gasteiger partial charge in [-0.2, -0.15) is 0 Å². The minimum absolute atomic E-state index is 0.0643. The molecule has 1 fully saturated rings. The number of methoxy groups -OCH3 is 1. The Morgan fingerprint density at radius 2 is 1.72 bits per heavy atom. The molecule has 3 rings (SSSR count). The van der Waals surface area contributed by atoms with Crippen LogP contribution in [0.3, 0.4) is 0 Å². The first-order valence-corrected chi connectivity index (χ1v) is 9.15. The summed E-state index contributed by atoms with van der Waals surface area (Å²) >= 11 is 0. The van der Waals surface area contributed by atoms with E-state index in [9.17, 15) is 25.2 Å². The van der Waals surface area contributed by atoms with Gasteiger partial charge in [0.05, 0.1) is 18.8 Å². The molecule has 2 aromatic carbocycles. The molecule has 2 aromatic rings. The zero-order valence-corrected chi connectivity index (χ0v) is 16.1. The molecule has 29 heavy (non-hydrogen) atoms. The van der Waals surface area contributed by atoms with Gasteiger partial charge in [-0.25, -0.2) is 0 Å². The third kappa shape index (κ3) is 4.68. The van der Waals surface area contributed by atoms with Gasteiger partial charge < -0.3 is 34.6 Å². The summed E-state index contributed by atoms with van der Waals surface area (Å²) in [5, 5.41) is 39.4. The molecule has 8 heteroatoms. The number of carbonyl (C=O) groups is 1. The van der Waals surface area contributed by atoms with Gasteiger partial charge in [0.2, 0.25) is 6.29 Å². The van der Waals surface area contributed by atoms with E-state index >= 15 is 0 Å². The smallest absolute Gasteiger partial charge is 0.229 e. The fraction of sp³-hybridized carbons (Fsp3) is 0.381. The molecule has 0 amide bonds. The molecule has 5 atom stereocenters. The molecule has 0 aliphatic carbocycles. The fourth-order valence-electron chi connectivity index (χ4n) is 3.09. The van der Waals surface area contributed by atoms with Gasteiger partial charge in [-0.3, -0.25) is 4.79 Å². The highest BCUT2D eigenvalue weighted by Crippen LogP contribution is 2.30. The molecular formula is C21H24O8. The van der Waals surface area contributed by atoms with Crippen LogP contribution in [-0.4, -0.2) is 64.0 Å². The monoisotopic (exact) mass is 404 g/mol. The fourth-order valence-corrected chi connectivity index (χ4v) is 3.09. The van der Waals surface area contributed by atoms with E-state index in [2.05, 4.69) is 0 Å². The maximum Gasteiger partial charge on any atom is 0.229 e. The van der Waals surface area contributed by atoms with Crippen molar-refractivity contribution in [1.82, 2.24) is 0 Å². The predicted molar refractivity (Wildman–Crippen MR) is 102 cm³/mol. The third-order valence-electron chi connectivity index (χ3n) is 4.84. The molecule has 0 spiro atoms. The molecule has 0 radical (unpaired) electrons. The lowest BCUT2D eigenvalue weighted by atomic mass is 9.99. The van der Waals surface area contributed by atoms with Crippen LogP contribution in [0.15, 0.2) is 42.5 Å². The SMILES string of the molecule is COc1ccc(C(=O)Cc2ccc(O)cc2)c(O[C@@H]2O[C@@H](C)[C@H](O)[C@@H](O)[C@H]2O)c1. The van der Waals surface area contributed by atoms with Crippen molar-refractivity contribution in [3.63, 3.8) is 0 Å². The summed E-state index contributed by atoms with van der Waals surface area (Å²) in [5.74, 6) is 0.397. The maximum atomic E-state index is 12.8. The third-order valence-corrected chi connectivity index (χ3v) is 4.84. The molecule has 1 aliphatic rings. The lowest BCUT2D eigenvalue weighted by Gasteiger charge is -2.39. The maximum absolute atomic E-state index is 12.8. The number of aliphatic hydroxyl groups excluding tert-OH is 3. The molecule has 0 bridgehead atoms. The van der Waals surface area contributed by atoms with Crippen LogP contribution in [0, 0.1) is 0 Å². The van der Waals surface area contributed by atoms with Gasteiger partial charge in [-0.15, -0.1) is 0 Å². The van der Waals surface area contributed by atoms with Crippen LogP contribution < -0.4 is 9.47 Å². The number of aromatic hydroxyl groups is 1. The Kier molecular flexibility index (Phi) is 6.39. The van der Waals surface area contributed by atoms with Gasteiger partial charge in [0.25, 0.3) is 0 Å². The second-order valence-corrected chi connectivity index (χ2v) is 6.93. The number of phenolic OH excluding ortho intramolecular Hbond substituents is 1. The number of aliphatic hydroxyl groups is 3. The van der Waals surface area contributed by atoms with E-state index in [4.69, 9.17) is 14.2 Å². The van der Waals surface area contributed by atoms with E-state index in [0.29, 0.717) is 11.3 Å². The first kappa shape index (κ1) is 21.1. The van der Waals surface area contributed by atoms with E-state index in [1.54, 1.807) is 31.2 Å². The second kappa shape index (κ2) is 8.79. The Morgan fingerprint density at radius 1 is 1.03 bits per heavy atom. The standard InChI is InChI=1S/C21H24O8/c1-11-18(24)19(25)20(26)21(28-11)29-17-10-14(27-2)7-8-15(17)16(23)9-12-3-5-13(22)6-4-12/h3-8,10-11,18-22,24-26H,9H2,1-2H3/t11-,18-,19+,20+,21-/m0/s1. The highest BCUT2D eigenvalue weighted by atomic mass is 16.7. The summed E-state index contributed by atoms with van der Waals surface area (Å²) in [7, 11) is 1.46. The summed E-state index contributed by atoms with van der Waals surface area (Å²) in [6.07, 6.45) is -6.21. The predicted octanol–water partition coefficient (Wildman–Crippen LogP) is 1.03. The number of rotatable bonds is 6. The van der Waals surface area contributed by atoms with Crippen molar-refractivity contribution in [1.29, 1.82) is 0 Å². The van der Waals surface area contributed by atoms with Crippen LogP contribution >= 0.6 is 0 Å². The number of phenols is 1. The van der Waals surface area contributed by atoms with Crippen LogP contribution in [0.4, 0.5) is 0 Å². The van der Waals surface area contributed by atoms with Crippen molar-refractivity contribution in [2.75, 3.05) is 7.11 Å². The number of hydrogen-bond donors (Lipinski definition) is 4. The van der Waals surface area contributed by atoms with Crippen LogP contribution in [-0.2, 0) is 11.2 Å². The normalized spacial score (nSPS) is 26.7. The van der Waals surface area contributed by atoms with Crippen LogP contribution in [0.5, 0.6) is 17.2 Å². The first-order chi connectivity index (χ1) is 13.8. The molecular weight excluding hydrogens is 380 g/mol. The van der Waals surface area contributed by atoms with Crippen molar-refractivity contribution in [3.8, 4) is 17.2 Å². The van der Waals surface area contributed by atoms with Crippen LogP contribution in [0.1, 0.15) is 22.8 Å². The lowest BCUT2D eigenvalue weighted by molar-refractivity contribution is -0.268. The van der Waals surface area contributed by atoms with Gasteiger partial charge >= 0.3 is 0 Å². The van der Waals surface area contributed by atoms with Gasteiger partial charge in [0.15, 0.2) is 5.78 Å². The number of ketones is 1. The summed E-state index contributed by atoms with van der Waals surface area (Å²) in [4.78, 5) is 12.8. The molecule has 0 aromatic heterocycles. The largest absolute Gasteiger partial charge is 0.508 e. The summed E-state index contributed by atoms with van der Waals surface area (Å²) < 4.78 is 16.4. The highest BCUT2D eigenvalue weighted by molar-refractivity contribution is 6.00. The zero-order valence-electron chi connectivity index (χ0n) is 16.1. The van der Waals surface area contributed by atoms with Crippen molar-refractivity contribution in [2.45, 2.75) is 44.1 Å². The minimum atomic E-state index is -1.51. The van der Waals surface area contributed by atoms with E-state index in [1.807, 2.05) is 0 Å². The minimum Gasteiger partial charge on any atom is -0.508 e. The van der Waals surface area contributed by atoms with Crippen molar-refractivity contribution < 1.29 is 39.4 Å². The topological polar surface area (TPSA) is 126 Å². The summed E-state index contributed by atoms with van der Waals surface area (Å²) in [6.45, 7) is 1.54. The second-order valence-electron chi connectivity index (χ2n) is 6.93. The van der Waals surface area contributed by atoms with Crippen molar-refractivity contribution in [3.05, 3.63) is 53.6 Å². The lowest BCUT2D eigenvalue weighted by Crippen LogP contribution is -2.58. The van der Waals surface area contributed by atoms with E-state index < -0.39 is 30.7 Å². The quantitative estimate of drug-likeness (QED) is 0.526. The highest BCUT2D eigenvalue weighted by Gasteiger charge is 2.43. The van der Waals surface area contributed by atoms with Gasteiger partial charge in [0.1, 0.15) is 35.6 Å². The Balaban J connectivity index is 1.85. The molecule has 1 heterocycles. The van der Waals surface area contributed by atoms with Gasteiger partial charge in [0, 0.05) is 12.5 Å². The Bertz CT molecular complexity index is 850. The Hall–Kier alpha value is -2.65. The van der Waals surface area contributed by atoms with Crippen LogP contribution in [0.25, 0.3) is 0 Å². The molecule has 8 nitrogen and oxygen atoms in total. The molecule has 0 saturated carbocycles. The van der Waals surface area contributed by atoms with Gasteiger partial charge in [-0.1, -0.05) is 12.1 Å². The number of ether oxygens (including phenoxy) is 3. The summed E-state index contributed by atoms with van der Waals surface area (Å²) in [5.41, 5.74) is 0.943. The van der Waals surface area contributed by atoms with E-state index in [1.165, 1.54) is 25.3 Å². The Labute approximate surface area is 167 Å². The number of benzene rings is 2. The van der Waals surface area contributed by atoms with Crippen molar-refractivity contribution in [2.24, 2.45) is 0 Å². The van der Waals surface area contributed by atoms with Gasteiger partial charge in [-0.05, 0) is 36.8 Å². The number of hydrogen-bond acceptors (Lipinski definition) is 8. The molecule has 0 unspecified atom stereocenters. The van der Waals surface area contributed by atoms with Crippen LogP contribution in [0.2, 0.25) is 0 Å². The van der Waals surface area contributed by atoms with E-state index in [-0.39, 0.29) is 29.3 Å². The summed E-state index contributed by atoms with van der Waals surface area (Å²) in [6, 6.07) is 10.9. The average molecular weight is 404 g/mol. The first-order valence-electron chi connectivity index (χ1n) is 9.15.